The van der Waals surface area contributed by atoms with Crippen LogP contribution in [0.1, 0.15) is 20.8 Å². The van der Waals surface area contributed by atoms with E-state index in [0.717, 1.165) is 6.26 Å². The molecule has 0 aliphatic carbocycles. The lowest BCUT2D eigenvalue weighted by molar-refractivity contribution is -0.138. The molecule has 0 bridgehead atoms. The van der Waals surface area contributed by atoms with E-state index in [1.165, 1.54) is 7.11 Å². The summed E-state index contributed by atoms with van der Waals surface area (Å²) in [6.07, 6.45) is -1.64. The fourth-order valence-electron chi connectivity index (χ4n) is 2.07. The molecule has 1 rings (SSSR count). The Morgan fingerprint density at radius 2 is 1.89 bits per heavy atom. The third-order valence-corrected chi connectivity index (χ3v) is 3.26. The lowest BCUT2D eigenvalue weighted by Gasteiger charge is -2.24. The summed E-state index contributed by atoms with van der Waals surface area (Å²) in [5.41, 5.74) is 0. The molecule has 1 N–H and O–H groups in total. The van der Waals surface area contributed by atoms with E-state index >= 15 is 0 Å². The van der Waals surface area contributed by atoms with Crippen molar-refractivity contribution in [2.45, 2.75) is 51.3 Å². The highest BCUT2D eigenvalue weighted by atomic mass is 32.2. The molecule has 8 heteroatoms. The summed E-state index contributed by atoms with van der Waals surface area (Å²) in [6, 6.07) is 0. The Hall–Kier alpha value is -0.700. The van der Waals surface area contributed by atoms with Gasteiger partial charge in [0.2, 0.25) is 10.0 Å². The second-order valence-electron chi connectivity index (χ2n) is 4.85. The fraction of sp³-hybridized carbons (Fsp3) is 0.909. The highest BCUT2D eigenvalue weighted by Crippen LogP contribution is 2.27. The Morgan fingerprint density at radius 1 is 1.32 bits per heavy atom. The van der Waals surface area contributed by atoms with Gasteiger partial charge in [-0.2, -0.15) is 0 Å². The topological polar surface area (TPSA) is 90.9 Å². The lowest BCUT2D eigenvalue weighted by atomic mass is 10.1. The molecule has 4 atom stereocenters. The smallest absolute Gasteiger partial charge is 0.265 e. The summed E-state index contributed by atoms with van der Waals surface area (Å²) in [5, 5.41) is 0. The first kappa shape index (κ1) is 16.4. The minimum absolute atomic E-state index is 0.134. The lowest BCUT2D eigenvalue weighted by Crippen LogP contribution is -2.47. The molecule has 0 spiro atoms. The number of hydrogen-bond acceptors (Lipinski definition) is 6. The number of carbonyl (C=O) groups is 1. The van der Waals surface area contributed by atoms with E-state index in [2.05, 4.69) is 0 Å². The predicted molar refractivity (Wildman–Crippen MR) is 68.1 cm³/mol. The highest BCUT2D eigenvalue weighted by molar-refractivity contribution is 7.89. The van der Waals surface area contributed by atoms with E-state index in [-0.39, 0.29) is 12.2 Å². The normalized spacial score (nSPS) is 31.7. The Kier molecular flexibility index (Phi) is 5.31. The van der Waals surface area contributed by atoms with Crippen LogP contribution >= 0.6 is 0 Å². The van der Waals surface area contributed by atoms with Gasteiger partial charge in [0.25, 0.3) is 5.91 Å². The van der Waals surface area contributed by atoms with E-state index in [1.807, 2.05) is 18.6 Å². The van der Waals surface area contributed by atoms with E-state index < -0.39 is 34.2 Å². The third kappa shape index (κ3) is 4.41. The molecular formula is C11H21NO6S. The molecule has 1 amide bonds. The van der Waals surface area contributed by atoms with Crippen molar-refractivity contribution in [3.05, 3.63) is 0 Å². The molecule has 1 aliphatic heterocycles. The molecule has 1 heterocycles. The quantitative estimate of drug-likeness (QED) is 0.746. The first-order valence-corrected chi connectivity index (χ1v) is 7.90. The summed E-state index contributed by atoms with van der Waals surface area (Å²) in [6.45, 7) is 5.39. The van der Waals surface area contributed by atoms with Crippen molar-refractivity contribution in [2.75, 3.05) is 13.4 Å². The second kappa shape index (κ2) is 6.17. The van der Waals surface area contributed by atoms with Crippen molar-refractivity contribution in [3.8, 4) is 0 Å². The number of methoxy groups -OCH3 is 1. The maximum absolute atomic E-state index is 11.9. The van der Waals surface area contributed by atoms with Gasteiger partial charge in [-0.15, -0.1) is 0 Å². The molecule has 1 aliphatic rings. The summed E-state index contributed by atoms with van der Waals surface area (Å²) in [7, 11) is -2.13. The summed E-state index contributed by atoms with van der Waals surface area (Å²) in [5.74, 6) is -0.737. The van der Waals surface area contributed by atoms with Crippen LogP contribution < -0.4 is 4.72 Å². The zero-order valence-electron chi connectivity index (χ0n) is 11.7. The molecule has 0 aromatic rings. The number of nitrogens with one attached hydrogen (secondary N) is 1. The first-order valence-electron chi connectivity index (χ1n) is 6.01. The largest absolute Gasteiger partial charge is 0.376 e. The molecule has 7 nitrogen and oxygen atoms in total. The SMILES string of the molecule is CO[C@@H]1[C@H](OC(C)C)[C@@H](C(=O)NS(C)(=O)=O)O[C@H]1C. The average Bonchev–Trinajstić information content (AvgIpc) is 2.51. The van der Waals surface area contributed by atoms with Crippen LogP contribution in [0.3, 0.4) is 0 Å². The van der Waals surface area contributed by atoms with Gasteiger partial charge in [0.05, 0.1) is 18.5 Å². The van der Waals surface area contributed by atoms with Crippen molar-refractivity contribution < 1.29 is 27.4 Å². The zero-order chi connectivity index (χ0) is 14.8. The maximum Gasteiger partial charge on any atom is 0.265 e. The maximum atomic E-state index is 11.9. The van der Waals surface area contributed by atoms with Crippen LogP contribution in [0.25, 0.3) is 0 Å². The molecule has 1 fully saturated rings. The van der Waals surface area contributed by atoms with E-state index in [9.17, 15) is 13.2 Å². The van der Waals surface area contributed by atoms with Crippen LogP contribution in [-0.4, -0.2) is 58.2 Å². The van der Waals surface area contributed by atoms with Gasteiger partial charge < -0.3 is 14.2 Å². The molecule has 112 valence electrons. The Bertz CT molecular complexity index is 421. The number of sulfonamides is 1. The predicted octanol–water partition coefficient (Wildman–Crippen LogP) is -0.342. The molecule has 0 aromatic heterocycles. The van der Waals surface area contributed by atoms with Gasteiger partial charge in [-0.1, -0.05) is 0 Å². The van der Waals surface area contributed by atoms with Gasteiger partial charge in [-0.3, -0.25) is 9.52 Å². The average molecular weight is 295 g/mol. The summed E-state index contributed by atoms with van der Waals surface area (Å²) < 4.78 is 40.5. The van der Waals surface area contributed by atoms with Crippen molar-refractivity contribution in [3.63, 3.8) is 0 Å². The van der Waals surface area contributed by atoms with Gasteiger partial charge in [-0.05, 0) is 20.8 Å². The number of carbonyl (C=O) groups excluding carboxylic acids is 1. The van der Waals surface area contributed by atoms with Crippen LogP contribution in [0.5, 0.6) is 0 Å². The van der Waals surface area contributed by atoms with Gasteiger partial charge in [0.15, 0.2) is 6.10 Å². The molecular weight excluding hydrogens is 274 g/mol. The number of ether oxygens (including phenoxy) is 3. The van der Waals surface area contributed by atoms with Crippen LogP contribution in [0, 0.1) is 0 Å². The van der Waals surface area contributed by atoms with Crippen molar-refractivity contribution in [1.29, 1.82) is 0 Å². The van der Waals surface area contributed by atoms with Crippen molar-refractivity contribution in [1.82, 2.24) is 4.72 Å². The molecule has 0 aromatic carbocycles. The van der Waals surface area contributed by atoms with Crippen molar-refractivity contribution in [2.24, 2.45) is 0 Å². The second-order valence-corrected chi connectivity index (χ2v) is 6.60. The fourth-order valence-corrected chi connectivity index (χ4v) is 2.55. The van der Waals surface area contributed by atoms with E-state index in [1.54, 1.807) is 6.92 Å². The van der Waals surface area contributed by atoms with Gasteiger partial charge in [0, 0.05) is 7.11 Å². The number of amides is 1. The monoisotopic (exact) mass is 295 g/mol. The number of hydrogen-bond donors (Lipinski definition) is 1. The first-order chi connectivity index (χ1) is 8.65. The summed E-state index contributed by atoms with van der Waals surface area (Å²) >= 11 is 0. The summed E-state index contributed by atoms with van der Waals surface area (Å²) in [4.78, 5) is 11.9. The molecule has 0 saturated carbocycles. The van der Waals surface area contributed by atoms with Gasteiger partial charge in [-0.25, -0.2) is 8.42 Å². The number of rotatable bonds is 5. The van der Waals surface area contributed by atoms with Crippen LogP contribution in [0.2, 0.25) is 0 Å². The van der Waals surface area contributed by atoms with E-state index in [4.69, 9.17) is 14.2 Å². The molecule has 19 heavy (non-hydrogen) atoms. The minimum Gasteiger partial charge on any atom is -0.376 e. The zero-order valence-corrected chi connectivity index (χ0v) is 12.6. The van der Waals surface area contributed by atoms with Gasteiger partial charge >= 0.3 is 0 Å². The Labute approximate surface area is 113 Å². The van der Waals surface area contributed by atoms with E-state index in [0.29, 0.717) is 0 Å². The molecule has 0 unspecified atom stereocenters. The molecule has 1 saturated heterocycles. The van der Waals surface area contributed by atoms with Crippen LogP contribution in [-0.2, 0) is 29.0 Å². The standard InChI is InChI=1S/C11H21NO6S/c1-6(2)17-9-8(16-4)7(3)18-10(9)11(13)12-19(5,14)15/h6-10H,1-5H3,(H,12,13)/t7-,8-,9-,10-/m0/s1. The third-order valence-electron chi connectivity index (χ3n) is 2.69. The van der Waals surface area contributed by atoms with Gasteiger partial charge in [0.1, 0.15) is 12.2 Å². The molecule has 0 radical (unpaired) electrons. The van der Waals surface area contributed by atoms with Crippen molar-refractivity contribution >= 4 is 15.9 Å². The van der Waals surface area contributed by atoms with Crippen LogP contribution in [0.4, 0.5) is 0 Å². The highest BCUT2D eigenvalue weighted by Gasteiger charge is 2.48. The Morgan fingerprint density at radius 3 is 2.32 bits per heavy atom. The Balaban J connectivity index is 2.88. The van der Waals surface area contributed by atoms with Crippen LogP contribution in [0.15, 0.2) is 0 Å². The minimum atomic E-state index is -3.63.